The first-order chi connectivity index (χ1) is 12.1. The molecule has 0 aliphatic heterocycles. The fourth-order valence-electron chi connectivity index (χ4n) is 2.18. The van der Waals surface area contributed by atoms with Crippen molar-refractivity contribution >= 4 is 51.9 Å². The lowest BCUT2D eigenvalue weighted by Gasteiger charge is -2.14. The number of methoxy groups -OCH3 is 1. The van der Waals surface area contributed by atoms with Crippen LogP contribution in [0.15, 0.2) is 48.8 Å². The Morgan fingerprint density at radius 1 is 0.960 bits per heavy atom. The van der Waals surface area contributed by atoms with E-state index in [-0.39, 0.29) is 0 Å². The zero-order chi connectivity index (χ0) is 17.8. The van der Waals surface area contributed by atoms with Crippen LogP contribution < -0.4 is 21.1 Å². The number of aromatic nitrogens is 2. The molecule has 0 spiro atoms. The summed E-state index contributed by atoms with van der Waals surface area (Å²) in [4.78, 5) is 8.37. The zero-order valence-electron chi connectivity index (χ0n) is 13.3. The highest BCUT2D eigenvalue weighted by atomic mass is 35.5. The van der Waals surface area contributed by atoms with E-state index in [0.717, 1.165) is 5.69 Å². The van der Waals surface area contributed by atoms with E-state index in [0.29, 0.717) is 38.8 Å². The molecular weight excluding hydrogens is 361 g/mol. The molecule has 1 heterocycles. The zero-order valence-corrected chi connectivity index (χ0v) is 14.8. The quantitative estimate of drug-likeness (QED) is 0.590. The van der Waals surface area contributed by atoms with E-state index in [1.165, 1.54) is 6.33 Å². The van der Waals surface area contributed by atoms with Crippen molar-refractivity contribution in [2.24, 2.45) is 0 Å². The Hall–Kier alpha value is -2.70. The van der Waals surface area contributed by atoms with Crippen LogP contribution in [0.3, 0.4) is 0 Å². The highest BCUT2D eigenvalue weighted by Crippen LogP contribution is 2.33. The van der Waals surface area contributed by atoms with Gasteiger partial charge < -0.3 is 21.1 Å². The van der Waals surface area contributed by atoms with Crippen LogP contribution in [-0.4, -0.2) is 17.1 Å². The third kappa shape index (κ3) is 3.87. The normalized spacial score (nSPS) is 10.4. The third-order valence-electron chi connectivity index (χ3n) is 3.43. The number of hydrogen-bond donors (Lipinski definition) is 3. The van der Waals surface area contributed by atoms with Gasteiger partial charge in [-0.15, -0.1) is 0 Å². The summed E-state index contributed by atoms with van der Waals surface area (Å²) in [6.07, 6.45) is 1.41. The lowest BCUT2D eigenvalue weighted by Crippen LogP contribution is -2.05. The number of rotatable bonds is 5. The lowest BCUT2D eigenvalue weighted by molar-refractivity contribution is 0.417. The molecular formula is C17H15Cl2N5O. The Kier molecular flexibility index (Phi) is 5.11. The van der Waals surface area contributed by atoms with Crippen molar-refractivity contribution < 1.29 is 4.74 Å². The standard InChI is InChI=1S/C17H15Cl2N5O/c1-25-14-5-3-2-4-13(14)24-17-15(20)16(21-9-22-17)23-10-6-7-11(18)12(19)8-10/h2-9H,20H2,1H3,(H2,21,22,23,24). The van der Waals surface area contributed by atoms with E-state index in [4.69, 9.17) is 33.7 Å². The summed E-state index contributed by atoms with van der Waals surface area (Å²) in [5.74, 6) is 1.59. The molecule has 0 unspecified atom stereocenters. The molecule has 128 valence electrons. The lowest BCUT2D eigenvalue weighted by atomic mass is 10.3. The summed E-state index contributed by atoms with van der Waals surface area (Å²) in [5.41, 5.74) is 8.01. The molecule has 0 radical (unpaired) electrons. The number of hydrogen-bond acceptors (Lipinski definition) is 6. The van der Waals surface area contributed by atoms with Crippen molar-refractivity contribution in [3.05, 3.63) is 58.8 Å². The molecule has 0 saturated heterocycles. The third-order valence-corrected chi connectivity index (χ3v) is 4.17. The average molecular weight is 376 g/mol. The van der Waals surface area contributed by atoms with Crippen molar-refractivity contribution in [2.45, 2.75) is 0 Å². The number of halogens is 2. The van der Waals surface area contributed by atoms with Gasteiger partial charge in [0, 0.05) is 5.69 Å². The van der Waals surface area contributed by atoms with Gasteiger partial charge in [0.1, 0.15) is 17.8 Å². The smallest absolute Gasteiger partial charge is 0.159 e. The van der Waals surface area contributed by atoms with Crippen molar-refractivity contribution in [1.29, 1.82) is 0 Å². The largest absolute Gasteiger partial charge is 0.495 e. The van der Waals surface area contributed by atoms with Gasteiger partial charge in [-0.2, -0.15) is 0 Å². The summed E-state index contributed by atoms with van der Waals surface area (Å²) in [5, 5.41) is 7.16. The van der Waals surface area contributed by atoms with Crippen LogP contribution in [0.4, 0.5) is 28.7 Å². The first kappa shape index (κ1) is 17.1. The molecule has 4 N–H and O–H groups in total. The minimum Gasteiger partial charge on any atom is -0.495 e. The van der Waals surface area contributed by atoms with Crippen LogP contribution in [0.25, 0.3) is 0 Å². The Labute approximate surface area is 155 Å². The molecule has 0 atom stereocenters. The van der Waals surface area contributed by atoms with E-state index in [1.54, 1.807) is 25.3 Å². The summed E-state index contributed by atoms with van der Waals surface area (Å²) in [6.45, 7) is 0. The molecule has 0 fully saturated rings. The van der Waals surface area contributed by atoms with E-state index < -0.39 is 0 Å². The molecule has 3 rings (SSSR count). The van der Waals surface area contributed by atoms with Gasteiger partial charge in [-0.25, -0.2) is 9.97 Å². The second-order valence-electron chi connectivity index (χ2n) is 5.06. The van der Waals surface area contributed by atoms with Crippen molar-refractivity contribution in [3.8, 4) is 5.75 Å². The highest BCUT2D eigenvalue weighted by Gasteiger charge is 2.11. The molecule has 2 aromatic carbocycles. The fraction of sp³-hybridized carbons (Fsp3) is 0.0588. The summed E-state index contributed by atoms with van der Waals surface area (Å²) in [7, 11) is 1.60. The predicted octanol–water partition coefficient (Wildman–Crippen LogP) is 4.86. The summed E-state index contributed by atoms with van der Waals surface area (Å²) in [6, 6.07) is 12.6. The number of para-hydroxylation sites is 2. The number of nitrogens with zero attached hydrogens (tertiary/aromatic N) is 2. The number of nitrogens with one attached hydrogen (secondary N) is 2. The molecule has 25 heavy (non-hydrogen) atoms. The van der Waals surface area contributed by atoms with Gasteiger partial charge in [-0.1, -0.05) is 35.3 Å². The van der Waals surface area contributed by atoms with Crippen LogP contribution in [0.1, 0.15) is 0 Å². The second-order valence-corrected chi connectivity index (χ2v) is 5.88. The maximum atomic E-state index is 6.19. The van der Waals surface area contributed by atoms with Crippen molar-refractivity contribution in [3.63, 3.8) is 0 Å². The number of benzene rings is 2. The summed E-state index contributed by atoms with van der Waals surface area (Å²) >= 11 is 12.0. The van der Waals surface area contributed by atoms with Crippen LogP contribution >= 0.6 is 23.2 Å². The van der Waals surface area contributed by atoms with Crippen LogP contribution in [0, 0.1) is 0 Å². The summed E-state index contributed by atoms with van der Waals surface area (Å²) < 4.78 is 5.32. The number of ether oxygens (including phenoxy) is 1. The Morgan fingerprint density at radius 2 is 1.68 bits per heavy atom. The predicted molar refractivity (Wildman–Crippen MR) is 102 cm³/mol. The average Bonchev–Trinajstić information content (AvgIpc) is 2.62. The SMILES string of the molecule is COc1ccccc1Nc1ncnc(Nc2ccc(Cl)c(Cl)c2)c1N. The molecule has 1 aromatic heterocycles. The first-order valence-corrected chi connectivity index (χ1v) is 8.06. The number of nitrogen functional groups attached to an aromatic ring is 1. The monoisotopic (exact) mass is 375 g/mol. The molecule has 0 aliphatic carbocycles. The van der Waals surface area contributed by atoms with Gasteiger partial charge in [0.05, 0.1) is 22.8 Å². The van der Waals surface area contributed by atoms with Crippen LogP contribution in [0.5, 0.6) is 5.75 Å². The fourth-order valence-corrected chi connectivity index (χ4v) is 2.48. The van der Waals surface area contributed by atoms with Gasteiger partial charge in [-0.05, 0) is 30.3 Å². The minimum atomic E-state index is 0.361. The van der Waals surface area contributed by atoms with Crippen LogP contribution in [-0.2, 0) is 0 Å². The first-order valence-electron chi connectivity index (χ1n) is 7.31. The van der Waals surface area contributed by atoms with Gasteiger partial charge in [0.25, 0.3) is 0 Å². The highest BCUT2D eigenvalue weighted by molar-refractivity contribution is 6.42. The van der Waals surface area contributed by atoms with E-state index >= 15 is 0 Å². The maximum Gasteiger partial charge on any atom is 0.159 e. The van der Waals surface area contributed by atoms with Gasteiger partial charge in [0.2, 0.25) is 0 Å². The molecule has 8 heteroatoms. The van der Waals surface area contributed by atoms with E-state index in [1.807, 2.05) is 24.3 Å². The number of anilines is 5. The van der Waals surface area contributed by atoms with E-state index in [2.05, 4.69) is 20.6 Å². The molecule has 0 amide bonds. The molecule has 0 aliphatic rings. The van der Waals surface area contributed by atoms with E-state index in [9.17, 15) is 0 Å². The molecule has 3 aromatic rings. The van der Waals surface area contributed by atoms with Crippen molar-refractivity contribution in [2.75, 3.05) is 23.5 Å². The number of nitrogens with two attached hydrogens (primary N) is 1. The Bertz CT molecular complexity index is 904. The molecule has 0 saturated carbocycles. The van der Waals surface area contributed by atoms with Crippen molar-refractivity contribution in [1.82, 2.24) is 9.97 Å². The Morgan fingerprint density at radius 3 is 2.40 bits per heavy atom. The maximum absolute atomic E-state index is 6.19. The topological polar surface area (TPSA) is 85.1 Å². The van der Waals surface area contributed by atoms with Gasteiger partial charge in [0.15, 0.2) is 11.6 Å². The molecule has 0 bridgehead atoms. The minimum absolute atomic E-state index is 0.361. The Balaban J connectivity index is 1.88. The van der Waals surface area contributed by atoms with Gasteiger partial charge in [-0.3, -0.25) is 0 Å². The molecule has 6 nitrogen and oxygen atoms in total. The second kappa shape index (κ2) is 7.46. The van der Waals surface area contributed by atoms with Gasteiger partial charge >= 0.3 is 0 Å². The van der Waals surface area contributed by atoms with Crippen LogP contribution in [0.2, 0.25) is 10.0 Å².